The summed E-state index contributed by atoms with van der Waals surface area (Å²) < 4.78 is 7.25. The standard InChI is InChI=1S/C21H20ClNO3/c1-4-6-16-18(24)12-11-17-20(16)19(21(25)26-5-2)13(3)23(17)15-9-7-14(22)8-10-15/h4,7-12,24H,1,5-6H2,2-3H3. The van der Waals surface area contributed by atoms with Gasteiger partial charge in [0, 0.05) is 27.4 Å². The maximum atomic E-state index is 12.7. The molecule has 1 heterocycles. The van der Waals surface area contributed by atoms with Crippen LogP contribution in [-0.2, 0) is 11.2 Å². The number of rotatable bonds is 5. The van der Waals surface area contributed by atoms with Crippen LogP contribution >= 0.6 is 11.6 Å². The lowest BCUT2D eigenvalue weighted by atomic mass is 10.0. The van der Waals surface area contributed by atoms with E-state index in [9.17, 15) is 9.90 Å². The summed E-state index contributed by atoms with van der Waals surface area (Å²) in [6, 6.07) is 10.8. The maximum Gasteiger partial charge on any atom is 0.340 e. The molecule has 1 aromatic heterocycles. The predicted octanol–water partition coefficient (Wildman–Crippen LogP) is 5.20. The molecule has 0 aliphatic rings. The summed E-state index contributed by atoms with van der Waals surface area (Å²) in [5.41, 5.74) is 3.57. The highest BCUT2D eigenvalue weighted by molar-refractivity contribution is 6.30. The number of aromatic hydroxyl groups is 1. The molecule has 0 radical (unpaired) electrons. The van der Waals surface area contributed by atoms with Crippen molar-refractivity contribution in [2.24, 2.45) is 0 Å². The second-order valence-corrected chi connectivity index (χ2v) is 6.38. The largest absolute Gasteiger partial charge is 0.508 e. The van der Waals surface area contributed by atoms with Gasteiger partial charge in [-0.3, -0.25) is 0 Å². The number of carbonyl (C=O) groups is 1. The Morgan fingerprint density at radius 3 is 2.58 bits per heavy atom. The van der Waals surface area contributed by atoms with Crippen molar-refractivity contribution in [2.75, 3.05) is 6.61 Å². The maximum absolute atomic E-state index is 12.7. The number of phenols is 1. The van der Waals surface area contributed by atoms with Crippen molar-refractivity contribution in [3.8, 4) is 11.4 Å². The monoisotopic (exact) mass is 369 g/mol. The van der Waals surface area contributed by atoms with Crippen LogP contribution in [0.15, 0.2) is 49.1 Å². The minimum absolute atomic E-state index is 0.135. The highest BCUT2D eigenvalue weighted by Crippen LogP contribution is 2.36. The number of esters is 1. The second kappa shape index (κ2) is 7.26. The van der Waals surface area contributed by atoms with Crippen LogP contribution in [0.2, 0.25) is 5.02 Å². The van der Waals surface area contributed by atoms with Crippen molar-refractivity contribution >= 4 is 28.5 Å². The zero-order valence-corrected chi connectivity index (χ0v) is 15.5. The molecule has 0 aliphatic heterocycles. The summed E-state index contributed by atoms with van der Waals surface area (Å²) in [7, 11) is 0. The third-order valence-corrected chi connectivity index (χ3v) is 4.62. The molecule has 0 atom stereocenters. The predicted molar refractivity (Wildman–Crippen MR) is 105 cm³/mol. The van der Waals surface area contributed by atoms with Crippen molar-refractivity contribution in [1.29, 1.82) is 0 Å². The molecule has 2 aromatic carbocycles. The molecule has 0 saturated heterocycles. The number of ether oxygens (including phenoxy) is 1. The Morgan fingerprint density at radius 2 is 1.96 bits per heavy atom. The van der Waals surface area contributed by atoms with Crippen molar-refractivity contribution in [1.82, 2.24) is 4.57 Å². The molecule has 1 N–H and O–H groups in total. The van der Waals surface area contributed by atoms with E-state index in [0.29, 0.717) is 28.0 Å². The number of aromatic nitrogens is 1. The molecular formula is C21H20ClNO3. The number of phenolic OH excluding ortho intramolecular Hbond substituents is 1. The Bertz CT molecular complexity index is 987. The molecule has 3 aromatic rings. The molecule has 134 valence electrons. The summed E-state index contributed by atoms with van der Waals surface area (Å²) >= 11 is 6.01. The number of nitrogens with zero attached hydrogens (tertiary/aromatic N) is 1. The lowest BCUT2D eigenvalue weighted by Gasteiger charge is -2.09. The van der Waals surface area contributed by atoms with Crippen LogP contribution in [0, 0.1) is 6.92 Å². The van der Waals surface area contributed by atoms with Gasteiger partial charge in [-0.15, -0.1) is 6.58 Å². The zero-order valence-electron chi connectivity index (χ0n) is 14.8. The van der Waals surface area contributed by atoms with Gasteiger partial charge >= 0.3 is 5.97 Å². The molecular weight excluding hydrogens is 350 g/mol. The smallest absolute Gasteiger partial charge is 0.340 e. The zero-order chi connectivity index (χ0) is 18.8. The van der Waals surface area contributed by atoms with Crippen LogP contribution in [0.5, 0.6) is 5.75 Å². The van der Waals surface area contributed by atoms with Gasteiger partial charge in [0.1, 0.15) is 5.75 Å². The van der Waals surface area contributed by atoms with E-state index in [2.05, 4.69) is 6.58 Å². The van der Waals surface area contributed by atoms with Crippen LogP contribution in [0.1, 0.15) is 28.5 Å². The Morgan fingerprint density at radius 1 is 1.27 bits per heavy atom. The molecule has 0 saturated carbocycles. The van der Waals surface area contributed by atoms with Gasteiger partial charge in [0.2, 0.25) is 0 Å². The Hall–Kier alpha value is -2.72. The van der Waals surface area contributed by atoms with E-state index < -0.39 is 5.97 Å². The molecule has 4 nitrogen and oxygen atoms in total. The minimum Gasteiger partial charge on any atom is -0.508 e. The first kappa shape index (κ1) is 18.1. The first-order valence-corrected chi connectivity index (χ1v) is 8.77. The fourth-order valence-electron chi connectivity index (χ4n) is 3.29. The van der Waals surface area contributed by atoms with E-state index in [1.54, 1.807) is 31.2 Å². The summed E-state index contributed by atoms with van der Waals surface area (Å²) in [6.07, 6.45) is 2.15. The first-order valence-electron chi connectivity index (χ1n) is 8.39. The Labute approximate surface area is 157 Å². The average Bonchev–Trinajstić information content (AvgIpc) is 2.91. The van der Waals surface area contributed by atoms with Crippen LogP contribution in [0.4, 0.5) is 0 Å². The summed E-state index contributed by atoms with van der Waals surface area (Å²) in [5, 5.41) is 11.7. The molecule has 0 fully saturated rings. The summed E-state index contributed by atoms with van der Waals surface area (Å²) in [6.45, 7) is 7.68. The van der Waals surface area contributed by atoms with Gasteiger partial charge in [-0.05, 0) is 56.7 Å². The molecule has 0 unspecified atom stereocenters. The van der Waals surface area contributed by atoms with Crippen LogP contribution in [0.3, 0.4) is 0 Å². The summed E-state index contributed by atoms with van der Waals surface area (Å²) in [5.74, 6) is -0.269. The topological polar surface area (TPSA) is 51.5 Å². The van der Waals surface area contributed by atoms with E-state index in [4.69, 9.17) is 16.3 Å². The van der Waals surface area contributed by atoms with Crippen molar-refractivity contribution < 1.29 is 14.6 Å². The lowest BCUT2D eigenvalue weighted by molar-refractivity contribution is 0.0527. The number of halogens is 1. The van der Waals surface area contributed by atoms with E-state index in [1.165, 1.54) is 0 Å². The Kier molecular flexibility index (Phi) is 5.05. The van der Waals surface area contributed by atoms with Crippen molar-refractivity contribution in [2.45, 2.75) is 20.3 Å². The Balaban J connectivity index is 2.41. The average molecular weight is 370 g/mol. The first-order chi connectivity index (χ1) is 12.5. The van der Waals surface area contributed by atoms with Crippen molar-refractivity contribution in [3.63, 3.8) is 0 Å². The van der Waals surface area contributed by atoms with Gasteiger partial charge in [-0.2, -0.15) is 0 Å². The van der Waals surface area contributed by atoms with Gasteiger partial charge in [-0.25, -0.2) is 4.79 Å². The van der Waals surface area contributed by atoms with Crippen LogP contribution in [-0.4, -0.2) is 22.2 Å². The lowest BCUT2D eigenvalue weighted by Crippen LogP contribution is -2.07. The molecule has 0 amide bonds. The van der Waals surface area contributed by atoms with Gasteiger partial charge < -0.3 is 14.4 Å². The van der Waals surface area contributed by atoms with E-state index in [-0.39, 0.29) is 12.4 Å². The van der Waals surface area contributed by atoms with Gasteiger partial charge in [0.25, 0.3) is 0 Å². The van der Waals surface area contributed by atoms with Crippen molar-refractivity contribution in [3.05, 3.63) is 70.9 Å². The normalized spacial score (nSPS) is 10.9. The number of hydrogen-bond acceptors (Lipinski definition) is 3. The fraction of sp³-hybridized carbons (Fsp3) is 0.190. The number of allylic oxidation sites excluding steroid dienone is 1. The SMILES string of the molecule is C=CCc1c(O)ccc2c1c(C(=O)OCC)c(C)n2-c1ccc(Cl)cc1. The highest BCUT2D eigenvalue weighted by Gasteiger charge is 2.25. The number of benzene rings is 2. The molecule has 0 spiro atoms. The molecule has 0 aliphatic carbocycles. The van der Waals surface area contributed by atoms with Crippen LogP contribution < -0.4 is 0 Å². The number of carbonyl (C=O) groups excluding carboxylic acids is 1. The molecule has 5 heteroatoms. The second-order valence-electron chi connectivity index (χ2n) is 5.94. The van der Waals surface area contributed by atoms with Crippen LogP contribution in [0.25, 0.3) is 16.6 Å². The highest BCUT2D eigenvalue weighted by atomic mass is 35.5. The summed E-state index contributed by atoms with van der Waals surface area (Å²) in [4.78, 5) is 12.7. The molecule has 0 bridgehead atoms. The van der Waals surface area contributed by atoms with E-state index in [1.807, 2.05) is 29.7 Å². The number of hydrogen-bond donors (Lipinski definition) is 1. The quantitative estimate of drug-likeness (QED) is 0.496. The van der Waals surface area contributed by atoms with Gasteiger partial charge in [-0.1, -0.05) is 17.7 Å². The third kappa shape index (κ3) is 2.97. The molecule has 3 rings (SSSR count). The van der Waals surface area contributed by atoms with E-state index in [0.717, 1.165) is 16.9 Å². The van der Waals surface area contributed by atoms with Gasteiger partial charge in [0.05, 0.1) is 17.7 Å². The minimum atomic E-state index is -0.404. The fourth-order valence-corrected chi connectivity index (χ4v) is 3.42. The number of fused-ring (bicyclic) bond motifs is 1. The third-order valence-electron chi connectivity index (χ3n) is 4.37. The van der Waals surface area contributed by atoms with Gasteiger partial charge in [0.15, 0.2) is 0 Å². The van der Waals surface area contributed by atoms with E-state index >= 15 is 0 Å². The molecule has 26 heavy (non-hydrogen) atoms.